The van der Waals surface area contributed by atoms with Crippen LogP contribution in [-0.4, -0.2) is 23.1 Å². The molecule has 2 aromatic rings. The van der Waals surface area contributed by atoms with E-state index >= 15 is 0 Å². The lowest BCUT2D eigenvalue weighted by Gasteiger charge is -2.28. The van der Waals surface area contributed by atoms with Gasteiger partial charge in [-0.2, -0.15) is 0 Å². The van der Waals surface area contributed by atoms with Gasteiger partial charge in [0.05, 0.1) is 16.9 Å². The molecule has 6 nitrogen and oxygen atoms in total. The molecule has 1 aliphatic rings. The lowest BCUT2D eigenvalue weighted by Crippen LogP contribution is -2.35. The van der Waals surface area contributed by atoms with Gasteiger partial charge < -0.3 is 15.6 Å². The first-order valence-corrected chi connectivity index (χ1v) is 6.16. The van der Waals surface area contributed by atoms with E-state index in [1.807, 2.05) is 6.07 Å². The molecule has 96 valence electrons. The highest BCUT2D eigenvalue weighted by Crippen LogP contribution is 2.25. The molecule has 0 amide bonds. The molecule has 1 aromatic carbocycles. The van der Waals surface area contributed by atoms with Crippen molar-refractivity contribution in [1.29, 1.82) is 0 Å². The average Bonchev–Trinajstić information content (AvgIpc) is 2.70. The summed E-state index contributed by atoms with van der Waals surface area (Å²) in [6.07, 6.45) is 3.66. The summed E-state index contributed by atoms with van der Waals surface area (Å²) in [5.74, 6) is -0.459. The van der Waals surface area contributed by atoms with E-state index in [0.717, 1.165) is 18.8 Å². The van der Waals surface area contributed by atoms with Gasteiger partial charge in [0, 0.05) is 19.2 Å². The molecule has 3 rings (SSSR count). The van der Waals surface area contributed by atoms with Gasteiger partial charge in [0.1, 0.15) is 0 Å². The molecule has 0 spiro atoms. The summed E-state index contributed by atoms with van der Waals surface area (Å²) in [6.45, 7) is 2.03. The third-order valence-electron chi connectivity index (χ3n) is 3.23. The minimum absolute atomic E-state index is 0.459. The third kappa shape index (κ3) is 2.06. The summed E-state index contributed by atoms with van der Waals surface area (Å²) in [5.41, 5.74) is 11.8. The molecule has 0 bridgehead atoms. The third-order valence-corrected chi connectivity index (χ3v) is 3.23. The lowest BCUT2D eigenvalue weighted by molar-refractivity contribution is 0.273. The van der Waals surface area contributed by atoms with Crippen LogP contribution in [0.25, 0.3) is 11.1 Å². The number of nitrogens with zero attached hydrogens (tertiary/aromatic N) is 1. The van der Waals surface area contributed by atoms with Crippen molar-refractivity contribution in [3.63, 3.8) is 0 Å². The Morgan fingerprint density at radius 3 is 2.83 bits per heavy atom. The van der Waals surface area contributed by atoms with E-state index in [4.69, 9.17) is 10.2 Å². The molecule has 1 aliphatic heterocycles. The normalized spacial score (nSPS) is 17.1. The summed E-state index contributed by atoms with van der Waals surface area (Å²) in [5, 5.41) is 2.15. The van der Waals surface area contributed by atoms with Gasteiger partial charge in [0.2, 0.25) is 0 Å². The van der Waals surface area contributed by atoms with Crippen LogP contribution in [0.1, 0.15) is 19.3 Å². The minimum atomic E-state index is -0.459. The number of anilines is 2. The minimum Gasteiger partial charge on any atom is -0.408 e. The molecular weight excluding hydrogens is 232 g/mol. The second-order valence-electron chi connectivity index (χ2n) is 4.61. The molecule has 1 fully saturated rings. The second kappa shape index (κ2) is 4.38. The van der Waals surface area contributed by atoms with Gasteiger partial charge in [0.15, 0.2) is 5.58 Å². The number of hydrogen-bond donors (Lipinski definition) is 3. The Bertz CT molecular complexity index is 610. The lowest BCUT2D eigenvalue weighted by atomic mass is 10.2. The van der Waals surface area contributed by atoms with Gasteiger partial charge in [-0.05, 0) is 18.9 Å². The van der Waals surface area contributed by atoms with Gasteiger partial charge in [-0.15, -0.1) is 0 Å². The maximum atomic E-state index is 11.1. The summed E-state index contributed by atoms with van der Waals surface area (Å²) < 4.78 is 4.96. The molecule has 4 N–H and O–H groups in total. The zero-order valence-electron chi connectivity index (χ0n) is 10.0. The smallest absolute Gasteiger partial charge is 0.408 e. The number of benzene rings is 1. The number of oxazole rings is 1. The van der Waals surface area contributed by atoms with Gasteiger partial charge in [-0.1, -0.05) is 6.42 Å². The summed E-state index contributed by atoms with van der Waals surface area (Å²) in [7, 11) is 0. The van der Waals surface area contributed by atoms with Crippen LogP contribution in [0.15, 0.2) is 21.3 Å². The first-order valence-electron chi connectivity index (χ1n) is 6.16. The van der Waals surface area contributed by atoms with E-state index in [9.17, 15) is 4.79 Å². The van der Waals surface area contributed by atoms with Crippen LogP contribution in [-0.2, 0) is 0 Å². The molecule has 6 heteroatoms. The van der Waals surface area contributed by atoms with Crippen LogP contribution >= 0.6 is 0 Å². The monoisotopic (exact) mass is 248 g/mol. The number of nitrogen functional groups attached to an aromatic ring is 1. The van der Waals surface area contributed by atoms with E-state index < -0.39 is 5.76 Å². The van der Waals surface area contributed by atoms with Crippen LogP contribution in [0.3, 0.4) is 0 Å². The Kier molecular flexibility index (Phi) is 2.71. The summed E-state index contributed by atoms with van der Waals surface area (Å²) >= 11 is 0. The van der Waals surface area contributed by atoms with Crippen LogP contribution in [0.5, 0.6) is 0 Å². The predicted molar refractivity (Wildman–Crippen MR) is 70.3 cm³/mol. The second-order valence-corrected chi connectivity index (χ2v) is 4.61. The largest absolute Gasteiger partial charge is 0.417 e. The van der Waals surface area contributed by atoms with E-state index in [0.29, 0.717) is 16.8 Å². The van der Waals surface area contributed by atoms with Crippen LogP contribution < -0.4 is 16.9 Å². The van der Waals surface area contributed by atoms with Gasteiger partial charge in [-0.25, -0.2) is 9.80 Å². The number of aromatic amines is 1. The van der Waals surface area contributed by atoms with Crippen molar-refractivity contribution >= 4 is 22.5 Å². The number of nitrogens with one attached hydrogen (secondary N) is 2. The average molecular weight is 248 g/mol. The Balaban J connectivity index is 1.90. The van der Waals surface area contributed by atoms with Crippen molar-refractivity contribution in [2.75, 3.05) is 24.2 Å². The van der Waals surface area contributed by atoms with Gasteiger partial charge in [-0.3, -0.25) is 4.98 Å². The number of rotatable bonds is 2. The molecular formula is C12H16N4O2. The molecule has 0 atom stereocenters. The fourth-order valence-electron chi connectivity index (χ4n) is 2.29. The van der Waals surface area contributed by atoms with Crippen molar-refractivity contribution in [3.8, 4) is 0 Å². The molecule has 1 aromatic heterocycles. The number of nitrogens with two attached hydrogens (primary N) is 1. The number of H-pyrrole nitrogens is 1. The summed E-state index contributed by atoms with van der Waals surface area (Å²) in [4.78, 5) is 13.7. The molecule has 1 saturated heterocycles. The Morgan fingerprint density at radius 2 is 2.06 bits per heavy atom. The molecule has 0 aliphatic carbocycles. The van der Waals surface area contributed by atoms with Crippen molar-refractivity contribution in [1.82, 2.24) is 9.99 Å². The predicted octanol–water partition coefficient (Wildman–Crippen LogP) is 1.52. The number of hydrazine groups is 1. The Hall–Kier alpha value is -1.95. The topological polar surface area (TPSA) is 87.3 Å². The standard InChI is InChI=1S/C12H16N4O2/c13-8-6-11-10(14-12(17)18-11)7-9(8)15-16-4-2-1-3-5-16/h6-7,15H,1-5,13H2,(H,14,17). The van der Waals surface area contributed by atoms with Crippen molar-refractivity contribution in [2.45, 2.75) is 19.3 Å². The zero-order valence-corrected chi connectivity index (χ0v) is 10.0. The van der Waals surface area contributed by atoms with Crippen LogP contribution in [0.4, 0.5) is 11.4 Å². The maximum absolute atomic E-state index is 11.1. The number of fused-ring (bicyclic) bond motifs is 1. The highest BCUT2D eigenvalue weighted by molar-refractivity contribution is 5.84. The Labute approximate surface area is 104 Å². The van der Waals surface area contributed by atoms with Crippen molar-refractivity contribution in [3.05, 3.63) is 22.7 Å². The van der Waals surface area contributed by atoms with Crippen molar-refractivity contribution < 1.29 is 4.42 Å². The molecule has 0 radical (unpaired) electrons. The first kappa shape index (κ1) is 11.2. The molecule has 0 unspecified atom stereocenters. The molecule has 0 saturated carbocycles. The zero-order chi connectivity index (χ0) is 12.5. The fraction of sp³-hybridized carbons (Fsp3) is 0.417. The Morgan fingerprint density at radius 1 is 1.28 bits per heavy atom. The maximum Gasteiger partial charge on any atom is 0.417 e. The number of hydrogen-bond acceptors (Lipinski definition) is 5. The highest BCUT2D eigenvalue weighted by atomic mass is 16.4. The molecule has 2 heterocycles. The fourth-order valence-corrected chi connectivity index (χ4v) is 2.29. The number of piperidine rings is 1. The van der Waals surface area contributed by atoms with Crippen LogP contribution in [0, 0.1) is 0 Å². The van der Waals surface area contributed by atoms with E-state index in [2.05, 4.69) is 15.4 Å². The van der Waals surface area contributed by atoms with E-state index in [1.165, 1.54) is 19.3 Å². The molecule has 18 heavy (non-hydrogen) atoms. The van der Waals surface area contributed by atoms with Gasteiger partial charge in [0.25, 0.3) is 0 Å². The SMILES string of the molecule is Nc1cc2oc(=O)[nH]c2cc1NN1CCCCC1. The van der Waals surface area contributed by atoms with E-state index in [1.54, 1.807) is 6.07 Å². The van der Waals surface area contributed by atoms with E-state index in [-0.39, 0.29) is 0 Å². The first-order chi connectivity index (χ1) is 8.72. The van der Waals surface area contributed by atoms with Crippen molar-refractivity contribution in [2.24, 2.45) is 0 Å². The van der Waals surface area contributed by atoms with Crippen LogP contribution in [0.2, 0.25) is 0 Å². The summed E-state index contributed by atoms with van der Waals surface area (Å²) in [6, 6.07) is 3.48. The quantitative estimate of drug-likeness (QED) is 0.701. The number of aromatic nitrogens is 1. The van der Waals surface area contributed by atoms with Gasteiger partial charge >= 0.3 is 5.76 Å². The highest BCUT2D eigenvalue weighted by Gasteiger charge is 2.12.